The van der Waals surface area contributed by atoms with Crippen molar-refractivity contribution in [1.29, 1.82) is 0 Å². The van der Waals surface area contributed by atoms with Gasteiger partial charge in [-0.1, -0.05) is 6.07 Å². The van der Waals surface area contributed by atoms with Gasteiger partial charge in [0.2, 0.25) is 5.91 Å². The molecule has 1 aromatic rings. The Hall–Kier alpha value is -2.57. The van der Waals surface area contributed by atoms with E-state index in [2.05, 4.69) is 10.6 Å². The maximum absolute atomic E-state index is 11.8. The number of amides is 2. The molecule has 7 nitrogen and oxygen atoms in total. The number of carbonyl (C=O) groups excluding carboxylic acids is 2. The number of nitrogens with one attached hydrogen (secondary N) is 2. The summed E-state index contributed by atoms with van der Waals surface area (Å²) in [5.74, 6) is -1.30. The Labute approximate surface area is 115 Å². The first kappa shape index (κ1) is 15.5. The highest BCUT2D eigenvalue weighted by molar-refractivity contribution is 5.96. The number of aliphatic carboxylic acids is 1. The first-order valence-corrected chi connectivity index (χ1v) is 5.93. The summed E-state index contributed by atoms with van der Waals surface area (Å²) in [6.07, 6.45) is -0.157. The molecule has 0 atom stereocenters. The molecule has 0 aliphatic carbocycles. The van der Waals surface area contributed by atoms with E-state index in [1.54, 1.807) is 24.3 Å². The standard InChI is InChI=1S/C13H16N2O5/c1-20-10-4-2-3-9(7-10)13(19)15-8-11(16)14-6-5-12(17)18/h2-4,7H,5-6,8H2,1H3,(H,14,16)(H,15,19)(H,17,18). The Balaban J connectivity index is 2.38. The van der Waals surface area contributed by atoms with Crippen LogP contribution in [0.15, 0.2) is 24.3 Å². The molecule has 1 aromatic carbocycles. The minimum absolute atomic E-state index is 0.0309. The lowest BCUT2D eigenvalue weighted by atomic mass is 10.2. The van der Waals surface area contributed by atoms with Gasteiger partial charge in [-0.25, -0.2) is 0 Å². The van der Waals surface area contributed by atoms with E-state index in [1.165, 1.54) is 7.11 Å². The van der Waals surface area contributed by atoms with E-state index in [0.717, 1.165) is 0 Å². The van der Waals surface area contributed by atoms with Crippen LogP contribution in [0.5, 0.6) is 5.75 Å². The summed E-state index contributed by atoms with van der Waals surface area (Å²) in [7, 11) is 1.49. The van der Waals surface area contributed by atoms with Crippen LogP contribution < -0.4 is 15.4 Å². The largest absolute Gasteiger partial charge is 0.497 e. The molecule has 0 bridgehead atoms. The molecular formula is C13H16N2O5. The van der Waals surface area contributed by atoms with Crippen molar-refractivity contribution in [2.75, 3.05) is 20.2 Å². The van der Waals surface area contributed by atoms with Crippen molar-refractivity contribution in [3.8, 4) is 5.75 Å². The molecule has 0 saturated heterocycles. The molecule has 0 fully saturated rings. The molecule has 0 aliphatic rings. The van der Waals surface area contributed by atoms with Gasteiger partial charge < -0.3 is 20.5 Å². The van der Waals surface area contributed by atoms with Gasteiger partial charge in [0, 0.05) is 12.1 Å². The molecule has 0 spiro atoms. The summed E-state index contributed by atoms with van der Waals surface area (Å²) >= 11 is 0. The monoisotopic (exact) mass is 280 g/mol. The first-order chi connectivity index (χ1) is 9.52. The molecule has 0 aliphatic heterocycles. The summed E-state index contributed by atoms with van der Waals surface area (Å²) < 4.78 is 4.99. The number of hydrogen-bond donors (Lipinski definition) is 3. The Kier molecular flexibility index (Phi) is 6.02. The van der Waals surface area contributed by atoms with Crippen molar-refractivity contribution in [2.24, 2.45) is 0 Å². The number of benzene rings is 1. The summed E-state index contributed by atoms with van der Waals surface area (Å²) in [6, 6.07) is 6.52. The average molecular weight is 280 g/mol. The normalized spacial score (nSPS) is 9.65. The third kappa shape index (κ3) is 5.38. The summed E-state index contributed by atoms with van der Waals surface area (Å²) in [5.41, 5.74) is 0.377. The van der Waals surface area contributed by atoms with Crippen LogP contribution in [0.3, 0.4) is 0 Å². The molecule has 0 saturated carbocycles. The van der Waals surface area contributed by atoms with Crippen molar-refractivity contribution in [3.63, 3.8) is 0 Å². The molecule has 2 amide bonds. The highest BCUT2D eigenvalue weighted by atomic mass is 16.5. The van der Waals surface area contributed by atoms with Gasteiger partial charge in [0.1, 0.15) is 5.75 Å². The zero-order valence-electron chi connectivity index (χ0n) is 11.0. The van der Waals surface area contributed by atoms with Gasteiger partial charge in [0.15, 0.2) is 0 Å². The lowest BCUT2D eigenvalue weighted by Crippen LogP contribution is -2.37. The Morgan fingerprint density at radius 1 is 1.25 bits per heavy atom. The number of methoxy groups -OCH3 is 1. The first-order valence-electron chi connectivity index (χ1n) is 5.93. The molecule has 0 unspecified atom stereocenters. The highest BCUT2D eigenvalue weighted by Crippen LogP contribution is 2.12. The minimum Gasteiger partial charge on any atom is -0.497 e. The number of hydrogen-bond acceptors (Lipinski definition) is 4. The van der Waals surface area contributed by atoms with Crippen LogP contribution in [-0.4, -0.2) is 43.1 Å². The second kappa shape index (κ2) is 7.78. The van der Waals surface area contributed by atoms with Crippen molar-refractivity contribution in [2.45, 2.75) is 6.42 Å². The van der Waals surface area contributed by atoms with Gasteiger partial charge in [0.05, 0.1) is 20.1 Å². The van der Waals surface area contributed by atoms with E-state index in [4.69, 9.17) is 9.84 Å². The van der Waals surface area contributed by atoms with E-state index in [0.29, 0.717) is 11.3 Å². The SMILES string of the molecule is COc1cccc(C(=O)NCC(=O)NCCC(=O)O)c1. The molecule has 0 heterocycles. The molecule has 3 N–H and O–H groups in total. The Bertz CT molecular complexity index is 501. The topological polar surface area (TPSA) is 105 Å². The number of ether oxygens (including phenoxy) is 1. The second-order valence-corrected chi connectivity index (χ2v) is 3.91. The van der Waals surface area contributed by atoms with E-state index >= 15 is 0 Å². The maximum Gasteiger partial charge on any atom is 0.305 e. The Morgan fingerprint density at radius 3 is 2.65 bits per heavy atom. The van der Waals surface area contributed by atoms with Gasteiger partial charge in [-0.05, 0) is 18.2 Å². The van der Waals surface area contributed by atoms with Crippen molar-refractivity contribution in [3.05, 3.63) is 29.8 Å². The van der Waals surface area contributed by atoms with E-state index < -0.39 is 17.8 Å². The van der Waals surface area contributed by atoms with E-state index in [9.17, 15) is 14.4 Å². The van der Waals surface area contributed by atoms with Crippen LogP contribution in [0.1, 0.15) is 16.8 Å². The van der Waals surface area contributed by atoms with Crippen molar-refractivity contribution >= 4 is 17.8 Å². The van der Waals surface area contributed by atoms with Gasteiger partial charge >= 0.3 is 5.97 Å². The van der Waals surface area contributed by atoms with Crippen LogP contribution in [0.2, 0.25) is 0 Å². The number of rotatable bonds is 7. The highest BCUT2D eigenvalue weighted by Gasteiger charge is 2.08. The van der Waals surface area contributed by atoms with E-state index in [1.807, 2.05) is 0 Å². The fourth-order valence-corrected chi connectivity index (χ4v) is 1.40. The van der Waals surface area contributed by atoms with Crippen LogP contribution in [0, 0.1) is 0 Å². The lowest BCUT2D eigenvalue weighted by molar-refractivity contribution is -0.136. The zero-order valence-corrected chi connectivity index (χ0v) is 11.0. The van der Waals surface area contributed by atoms with Crippen LogP contribution in [0.25, 0.3) is 0 Å². The van der Waals surface area contributed by atoms with E-state index in [-0.39, 0.29) is 19.5 Å². The third-order valence-electron chi connectivity index (χ3n) is 2.40. The van der Waals surface area contributed by atoms with Gasteiger partial charge in [-0.2, -0.15) is 0 Å². The molecule has 0 aromatic heterocycles. The van der Waals surface area contributed by atoms with Gasteiger partial charge in [-0.15, -0.1) is 0 Å². The fraction of sp³-hybridized carbons (Fsp3) is 0.308. The van der Waals surface area contributed by atoms with Gasteiger partial charge in [-0.3, -0.25) is 14.4 Å². The molecule has 1 rings (SSSR count). The summed E-state index contributed by atoms with van der Waals surface area (Å²) in [6.45, 7) is -0.182. The quantitative estimate of drug-likeness (QED) is 0.653. The minimum atomic E-state index is -0.995. The smallest absolute Gasteiger partial charge is 0.305 e. The number of carboxylic acids is 1. The van der Waals surface area contributed by atoms with Crippen LogP contribution in [-0.2, 0) is 9.59 Å². The molecule has 0 radical (unpaired) electrons. The molecular weight excluding hydrogens is 264 g/mol. The lowest BCUT2D eigenvalue weighted by Gasteiger charge is -2.07. The molecule has 7 heteroatoms. The second-order valence-electron chi connectivity index (χ2n) is 3.91. The predicted molar refractivity (Wildman–Crippen MR) is 70.6 cm³/mol. The Morgan fingerprint density at radius 2 is 2.00 bits per heavy atom. The van der Waals surface area contributed by atoms with Crippen LogP contribution in [0.4, 0.5) is 0 Å². The van der Waals surface area contributed by atoms with Crippen LogP contribution >= 0.6 is 0 Å². The molecule has 20 heavy (non-hydrogen) atoms. The summed E-state index contributed by atoms with van der Waals surface area (Å²) in [4.78, 5) is 33.4. The average Bonchev–Trinajstić information content (AvgIpc) is 2.44. The number of carboxylic acid groups (broad SMARTS) is 1. The zero-order chi connectivity index (χ0) is 15.0. The predicted octanol–water partition coefficient (Wildman–Crippen LogP) is 0.0159. The number of carbonyl (C=O) groups is 3. The molecule has 108 valence electrons. The van der Waals surface area contributed by atoms with Crippen molar-refractivity contribution < 1.29 is 24.2 Å². The van der Waals surface area contributed by atoms with Gasteiger partial charge in [0.25, 0.3) is 5.91 Å². The summed E-state index contributed by atoms with van der Waals surface area (Å²) in [5, 5.41) is 13.2. The maximum atomic E-state index is 11.8. The fourth-order valence-electron chi connectivity index (χ4n) is 1.40. The van der Waals surface area contributed by atoms with Crippen molar-refractivity contribution in [1.82, 2.24) is 10.6 Å². The third-order valence-corrected chi connectivity index (χ3v) is 2.40.